The summed E-state index contributed by atoms with van der Waals surface area (Å²) in [6.07, 6.45) is -0.703. The number of carbonyl (C=O) groups is 1. The summed E-state index contributed by atoms with van der Waals surface area (Å²) in [5.41, 5.74) is 1.87. The number of sulfone groups is 1. The molecule has 0 radical (unpaired) electrons. The fourth-order valence-electron chi connectivity index (χ4n) is 3.77. The first kappa shape index (κ1) is 25.6. The first-order valence-corrected chi connectivity index (χ1v) is 12.8. The molecule has 0 amide bonds. The van der Waals surface area contributed by atoms with Gasteiger partial charge >= 0.3 is 12.1 Å². The van der Waals surface area contributed by atoms with Crippen molar-refractivity contribution in [2.24, 2.45) is 0 Å². The van der Waals surface area contributed by atoms with Crippen molar-refractivity contribution in [3.05, 3.63) is 87.1 Å². The maximum absolute atomic E-state index is 13.3. The summed E-state index contributed by atoms with van der Waals surface area (Å²) in [7, 11) is -3.41. The van der Waals surface area contributed by atoms with E-state index in [2.05, 4.69) is 10.5 Å². The number of pyridine rings is 2. The summed E-state index contributed by atoms with van der Waals surface area (Å²) in [5.74, 6) is -0.907. The molecule has 2 aromatic heterocycles. The van der Waals surface area contributed by atoms with Gasteiger partial charge in [0.1, 0.15) is 5.56 Å². The standard InChI is InChI=1S/C24H22F3N3O5S/c1-14-20(15-6-7-15)11-21(22(31)30(14)18-5-3-4-16(10-18)24(25,26)27)23(32)35-29-12-17-8-9-19(13-28-17)36(2,33)34/h3-5,8-11,13,15,29H,6-7,12H2,1-2H3. The average molecular weight is 522 g/mol. The number of hydroxylamine groups is 1. The Bertz CT molecular complexity index is 1480. The van der Waals surface area contributed by atoms with Crippen molar-refractivity contribution in [3.63, 3.8) is 0 Å². The van der Waals surface area contributed by atoms with Gasteiger partial charge in [-0.25, -0.2) is 13.2 Å². The average Bonchev–Trinajstić information content (AvgIpc) is 3.64. The van der Waals surface area contributed by atoms with Gasteiger partial charge < -0.3 is 4.84 Å². The summed E-state index contributed by atoms with van der Waals surface area (Å²) in [5, 5.41) is 0. The van der Waals surface area contributed by atoms with Crippen LogP contribution >= 0.6 is 0 Å². The lowest BCUT2D eigenvalue weighted by atomic mass is 10.0. The Morgan fingerprint density at radius 3 is 2.50 bits per heavy atom. The van der Waals surface area contributed by atoms with Crippen LogP contribution in [0.5, 0.6) is 0 Å². The van der Waals surface area contributed by atoms with Crippen LogP contribution in [0.3, 0.4) is 0 Å². The highest BCUT2D eigenvalue weighted by atomic mass is 32.2. The van der Waals surface area contributed by atoms with E-state index in [1.165, 1.54) is 36.5 Å². The number of halogens is 3. The Balaban J connectivity index is 1.61. The molecule has 1 aliphatic carbocycles. The zero-order valence-electron chi connectivity index (χ0n) is 19.3. The molecule has 1 saturated carbocycles. The lowest BCUT2D eigenvalue weighted by molar-refractivity contribution is -0.137. The molecule has 190 valence electrons. The molecule has 1 aliphatic rings. The minimum Gasteiger partial charge on any atom is -0.366 e. The number of aromatic nitrogens is 2. The molecule has 1 fully saturated rings. The van der Waals surface area contributed by atoms with Gasteiger partial charge in [-0.15, -0.1) is 5.48 Å². The molecule has 0 spiro atoms. The van der Waals surface area contributed by atoms with E-state index in [9.17, 15) is 31.2 Å². The third-order valence-electron chi connectivity index (χ3n) is 5.80. The van der Waals surface area contributed by atoms with Gasteiger partial charge in [0, 0.05) is 23.8 Å². The number of rotatable bonds is 7. The van der Waals surface area contributed by atoms with Gasteiger partial charge in [-0.2, -0.15) is 13.2 Å². The maximum atomic E-state index is 13.3. The van der Waals surface area contributed by atoms with Crippen molar-refractivity contribution in [2.45, 2.75) is 43.3 Å². The predicted molar refractivity (Wildman–Crippen MR) is 123 cm³/mol. The molecule has 36 heavy (non-hydrogen) atoms. The molecule has 0 saturated heterocycles. The second-order valence-electron chi connectivity index (χ2n) is 8.53. The van der Waals surface area contributed by atoms with E-state index in [0.29, 0.717) is 17.0 Å². The number of nitrogens with one attached hydrogen (secondary N) is 1. The number of carbonyl (C=O) groups excluding carboxylic acids is 1. The van der Waals surface area contributed by atoms with Crippen LogP contribution in [0.2, 0.25) is 0 Å². The van der Waals surface area contributed by atoms with Crippen LogP contribution in [0.1, 0.15) is 51.6 Å². The molecule has 1 N–H and O–H groups in total. The number of benzene rings is 1. The third-order valence-corrected chi connectivity index (χ3v) is 6.90. The lowest BCUT2D eigenvalue weighted by Crippen LogP contribution is -2.31. The molecule has 8 nitrogen and oxygen atoms in total. The van der Waals surface area contributed by atoms with E-state index >= 15 is 0 Å². The fraction of sp³-hybridized carbons (Fsp3) is 0.292. The van der Waals surface area contributed by atoms with Crippen molar-refractivity contribution in [1.29, 1.82) is 0 Å². The summed E-state index contributed by atoms with van der Waals surface area (Å²) >= 11 is 0. The van der Waals surface area contributed by atoms with Crippen LogP contribution in [0.15, 0.2) is 58.4 Å². The highest BCUT2D eigenvalue weighted by Crippen LogP contribution is 2.42. The number of nitrogens with zero attached hydrogens (tertiary/aromatic N) is 2. The van der Waals surface area contributed by atoms with Gasteiger partial charge in [0.2, 0.25) is 0 Å². The normalized spacial score (nSPS) is 14.0. The van der Waals surface area contributed by atoms with Gasteiger partial charge in [-0.05, 0) is 67.6 Å². The first-order valence-electron chi connectivity index (χ1n) is 10.9. The van der Waals surface area contributed by atoms with Crippen LogP contribution in [-0.2, 0) is 27.4 Å². The molecule has 3 aromatic rings. The van der Waals surface area contributed by atoms with Crippen molar-refractivity contribution >= 4 is 15.8 Å². The minimum atomic E-state index is -4.60. The molecule has 12 heteroatoms. The van der Waals surface area contributed by atoms with E-state index in [1.807, 2.05) is 0 Å². The second-order valence-corrected chi connectivity index (χ2v) is 10.5. The van der Waals surface area contributed by atoms with Crippen LogP contribution in [0.25, 0.3) is 5.69 Å². The van der Waals surface area contributed by atoms with Gasteiger partial charge in [-0.1, -0.05) is 6.07 Å². The van der Waals surface area contributed by atoms with Crippen LogP contribution in [0, 0.1) is 6.92 Å². The third kappa shape index (κ3) is 5.49. The molecule has 0 bridgehead atoms. The molecule has 0 aliphatic heterocycles. The molecular weight excluding hydrogens is 499 g/mol. The highest BCUT2D eigenvalue weighted by Gasteiger charge is 2.32. The first-order chi connectivity index (χ1) is 16.9. The Kier molecular flexibility index (Phi) is 6.76. The van der Waals surface area contributed by atoms with Crippen molar-refractivity contribution < 1.29 is 31.2 Å². The van der Waals surface area contributed by atoms with Gasteiger partial charge in [0.05, 0.1) is 22.7 Å². The molecule has 4 rings (SSSR count). The summed E-state index contributed by atoms with van der Waals surface area (Å²) < 4.78 is 63.9. The zero-order chi connectivity index (χ0) is 26.3. The lowest BCUT2D eigenvalue weighted by Gasteiger charge is -2.17. The summed E-state index contributed by atoms with van der Waals surface area (Å²) in [6, 6.07) is 8.58. The molecular formula is C24H22F3N3O5S. The van der Waals surface area contributed by atoms with Crippen molar-refractivity contribution in [2.75, 3.05) is 6.26 Å². The Hall–Kier alpha value is -3.51. The largest absolute Gasteiger partial charge is 0.416 e. The van der Waals surface area contributed by atoms with E-state index in [4.69, 9.17) is 4.84 Å². The van der Waals surface area contributed by atoms with Crippen LogP contribution in [0.4, 0.5) is 13.2 Å². The Morgan fingerprint density at radius 2 is 1.92 bits per heavy atom. The fourth-order valence-corrected chi connectivity index (χ4v) is 4.33. The number of alkyl halides is 3. The summed E-state index contributed by atoms with van der Waals surface area (Å²) in [4.78, 5) is 35.1. The van der Waals surface area contributed by atoms with Crippen LogP contribution in [-0.4, -0.2) is 30.2 Å². The van der Waals surface area contributed by atoms with Crippen molar-refractivity contribution in [3.8, 4) is 5.69 Å². The molecule has 1 aromatic carbocycles. The Labute approximate surface area is 204 Å². The second kappa shape index (κ2) is 9.51. The van der Waals surface area contributed by atoms with Crippen LogP contribution < -0.4 is 11.0 Å². The smallest absolute Gasteiger partial charge is 0.366 e. The van der Waals surface area contributed by atoms with E-state index < -0.39 is 33.1 Å². The number of hydrogen-bond donors (Lipinski definition) is 1. The van der Waals surface area contributed by atoms with Gasteiger partial charge in [0.15, 0.2) is 9.84 Å². The van der Waals surface area contributed by atoms with E-state index in [0.717, 1.165) is 35.8 Å². The zero-order valence-corrected chi connectivity index (χ0v) is 20.1. The molecule has 2 heterocycles. The monoisotopic (exact) mass is 521 g/mol. The van der Waals surface area contributed by atoms with E-state index in [-0.39, 0.29) is 28.6 Å². The van der Waals surface area contributed by atoms with Gasteiger partial charge in [-0.3, -0.25) is 14.3 Å². The summed E-state index contributed by atoms with van der Waals surface area (Å²) in [6.45, 7) is 1.56. The molecule has 0 atom stereocenters. The topological polar surface area (TPSA) is 107 Å². The van der Waals surface area contributed by atoms with Crippen molar-refractivity contribution in [1.82, 2.24) is 15.0 Å². The van der Waals surface area contributed by atoms with Gasteiger partial charge in [0.25, 0.3) is 5.56 Å². The quantitative estimate of drug-likeness (QED) is 0.473. The predicted octanol–water partition coefficient (Wildman–Crippen LogP) is 3.70. The highest BCUT2D eigenvalue weighted by molar-refractivity contribution is 7.90. The molecule has 0 unspecified atom stereocenters. The SMILES string of the molecule is Cc1c(C2CC2)cc(C(=O)ONCc2ccc(S(C)(=O)=O)cn2)c(=O)n1-c1cccc(C(F)(F)F)c1. The maximum Gasteiger partial charge on any atom is 0.416 e. The number of hydrogen-bond acceptors (Lipinski definition) is 7. The van der Waals surface area contributed by atoms with E-state index in [1.54, 1.807) is 6.92 Å². The Morgan fingerprint density at radius 1 is 1.19 bits per heavy atom. The minimum absolute atomic E-state index is 0.00741.